The summed E-state index contributed by atoms with van der Waals surface area (Å²) in [7, 11) is 0. The predicted molar refractivity (Wildman–Crippen MR) is 126 cm³/mol. The van der Waals surface area contributed by atoms with Crippen LogP contribution < -0.4 is 15.5 Å². The van der Waals surface area contributed by atoms with Gasteiger partial charge in [-0.05, 0) is 43.0 Å². The highest BCUT2D eigenvalue weighted by Gasteiger charge is 2.12. The van der Waals surface area contributed by atoms with Crippen LogP contribution in [0.5, 0.6) is 5.75 Å². The van der Waals surface area contributed by atoms with Crippen LogP contribution in [0.3, 0.4) is 0 Å². The van der Waals surface area contributed by atoms with Gasteiger partial charge in [-0.1, -0.05) is 60.7 Å². The van der Waals surface area contributed by atoms with E-state index in [9.17, 15) is 9.59 Å². The molecule has 0 radical (unpaired) electrons. The van der Waals surface area contributed by atoms with E-state index in [1.54, 1.807) is 18.2 Å². The highest BCUT2D eigenvalue weighted by Crippen LogP contribution is 2.23. The van der Waals surface area contributed by atoms with Crippen LogP contribution >= 0.6 is 0 Å². The SMILES string of the molecule is CC(CCc1ccccc1)NC(=O)COc1ccc2c(=O)c(-c3ccccc3)coc2c1. The average molecular weight is 428 g/mol. The molecule has 1 aromatic heterocycles. The van der Waals surface area contributed by atoms with Crippen molar-refractivity contribution in [3.8, 4) is 16.9 Å². The fraction of sp³-hybridized carbons (Fsp3) is 0.185. The number of rotatable bonds is 8. The molecule has 0 aliphatic carbocycles. The van der Waals surface area contributed by atoms with Crippen molar-refractivity contribution >= 4 is 16.9 Å². The van der Waals surface area contributed by atoms with E-state index < -0.39 is 0 Å². The summed E-state index contributed by atoms with van der Waals surface area (Å²) in [6.45, 7) is 1.88. The normalized spacial score (nSPS) is 11.8. The Labute approximate surface area is 186 Å². The van der Waals surface area contributed by atoms with E-state index in [0.29, 0.717) is 22.3 Å². The monoisotopic (exact) mass is 427 g/mol. The van der Waals surface area contributed by atoms with Gasteiger partial charge in [-0.15, -0.1) is 0 Å². The zero-order chi connectivity index (χ0) is 22.3. The fourth-order valence-corrected chi connectivity index (χ4v) is 3.58. The van der Waals surface area contributed by atoms with Gasteiger partial charge in [0.25, 0.3) is 5.91 Å². The minimum absolute atomic E-state index is 0.0392. The smallest absolute Gasteiger partial charge is 0.258 e. The zero-order valence-corrected chi connectivity index (χ0v) is 17.9. The van der Waals surface area contributed by atoms with Crippen LogP contribution in [0.1, 0.15) is 18.9 Å². The van der Waals surface area contributed by atoms with E-state index in [0.717, 1.165) is 18.4 Å². The highest BCUT2D eigenvalue weighted by atomic mass is 16.5. The average Bonchev–Trinajstić information content (AvgIpc) is 2.83. The quantitative estimate of drug-likeness (QED) is 0.431. The van der Waals surface area contributed by atoms with Crippen molar-refractivity contribution in [3.63, 3.8) is 0 Å². The van der Waals surface area contributed by atoms with E-state index in [1.807, 2.05) is 55.5 Å². The summed E-state index contributed by atoms with van der Waals surface area (Å²) < 4.78 is 11.3. The van der Waals surface area contributed by atoms with Crippen LogP contribution in [0.15, 0.2) is 94.3 Å². The fourth-order valence-electron chi connectivity index (χ4n) is 3.58. The lowest BCUT2D eigenvalue weighted by Crippen LogP contribution is -2.36. The molecule has 0 saturated carbocycles. The van der Waals surface area contributed by atoms with Crippen LogP contribution in [0.2, 0.25) is 0 Å². The largest absolute Gasteiger partial charge is 0.484 e. The molecule has 0 aliphatic heterocycles. The van der Waals surface area contributed by atoms with Crippen LogP contribution in [-0.2, 0) is 11.2 Å². The Hall–Kier alpha value is -3.86. The lowest BCUT2D eigenvalue weighted by atomic mass is 10.1. The van der Waals surface area contributed by atoms with Crippen LogP contribution in [0, 0.1) is 0 Å². The number of carbonyl (C=O) groups is 1. The van der Waals surface area contributed by atoms with E-state index in [1.165, 1.54) is 11.8 Å². The second-order valence-corrected chi connectivity index (χ2v) is 7.78. The number of carbonyl (C=O) groups excluding carboxylic acids is 1. The molecule has 1 atom stereocenters. The molecule has 3 aromatic carbocycles. The van der Waals surface area contributed by atoms with Gasteiger partial charge in [0.15, 0.2) is 12.0 Å². The third kappa shape index (κ3) is 5.24. The first-order valence-corrected chi connectivity index (χ1v) is 10.7. The molecule has 0 spiro atoms. The van der Waals surface area contributed by atoms with E-state index >= 15 is 0 Å². The summed E-state index contributed by atoms with van der Waals surface area (Å²) in [4.78, 5) is 25.1. The molecule has 32 heavy (non-hydrogen) atoms. The minimum Gasteiger partial charge on any atom is -0.484 e. The Kier molecular flexibility index (Phi) is 6.66. The van der Waals surface area contributed by atoms with Crippen molar-refractivity contribution in [1.29, 1.82) is 0 Å². The Morgan fingerprint density at radius 1 is 1.00 bits per heavy atom. The first-order valence-electron chi connectivity index (χ1n) is 10.7. The van der Waals surface area contributed by atoms with Crippen LogP contribution in [-0.4, -0.2) is 18.6 Å². The number of hydrogen-bond donors (Lipinski definition) is 1. The van der Waals surface area contributed by atoms with Gasteiger partial charge in [0.2, 0.25) is 0 Å². The number of aryl methyl sites for hydroxylation is 1. The Bertz CT molecular complexity index is 1250. The van der Waals surface area contributed by atoms with Crippen molar-refractivity contribution in [1.82, 2.24) is 5.32 Å². The zero-order valence-electron chi connectivity index (χ0n) is 17.9. The lowest BCUT2D eigenvalue weighted by Gasteiger charge is -2.14. The van der Waals surface area contributed by atoms with Gasteiger partial charge in [0.1, 0.15) is 17.6 Å². The van der Waals surface area contributed by atoms with Crippen molar-refractivity contribution in [3.05, 3.63) is 101 Å². The summed E-state index contributed by atoms with van der Waals surface area (Å²) in [6.07, 6.45) is 3.21. The molecule has 0 aliphatic rings. The molecular weight excluding hydrogens is 402 g/mol. The van der Waals surface area contributed by atoms with Crippen LogP contribution in [0.4, 0.5) is 0 Å². The maximum Gasteiger partial charge on any atom is 0.258 e. The Morgan fingerprint density at radius 3 is 2.47 bits per heavy atom. The Morgan fingerprint density at radius 2 is 1.72 bits per heavy atom. The third-order valence-corrected chi connectivity index (χ3v) is 5.32. The van der Waals surface area contributed by atoms with Gasteiger partial charge in [-0.25, -0.2) is 0 Å². The van der Waals surface area contributed by atoms with E-state index in [-0.39, 0.29) is 24.0 Å². The molecule has 1 amide bonds. The maximum atomic E-state index is 12.8. The third-order valence-electron chi connectivity index (χ3n) is 5.32. The summed E-state index contributed by atoms with van der Waals surface area (Å²) in [5.41, 5.74) is 2.88. The Balaban J connectivity index is 1.35. The number of ether oxygens (including phenoxy) is 1. The standard InChI is InChI=1S/C27H25NO4/c1-19(12-13-20-8-4-2-5-9-20)28-26(29)18-31-22-14-15-23-25(16-22)32-17-24(27(23)30)21-10-6-3-7-11-21/h2-11,14-17,19H,12-13,18H2,1H3,(H,28,29). The molecule has 162 valence electrons. The van der Waals surface area contributed by atoms with Crippen molar-refractivity contribution in [2.24, 2.45) is 0 Å². The van der Waals surface area contributed by atoms with Gasteiger partial charge < -0.3 is 14.5 Å². The topological polar surface area (TPSA) is 68.5 Å². The van der Waals surface area contributed by atoms with Gasteiger partial charge >= 0.3 is 0 Å². The van der Waals surface area contributed by atoms with Gasteiger partial charge in [-0.2, -0.15) is 0 Å². The summed E-state index contributed by atoms with van der Waals surface area (Å²) in [6, 6.07) is 24.6. The molecule has 5 nitrogen and oxygen atoms in total. The number of fused-ring (bicyclic) bond motifs is 1. The molecule has 0 bridgehead atoms. The summed E-state index contributed by atoms with van der Waals surface area (Å²) >= 11 is 0. The summed E-state index contributed by atoms with van der Waals surface area (Å²) in [5.74, 6) is 0.284. The lowest BCUT2D eigenvalue weighted by molar-refractivity contribution is -0.123. The highest BCUT2D eigenvalue weighted by molar-refractivity contribution is 5.83. The molecule has 0 saturated heterocycles. The minimum atomic E-state index is -0.188. The number of amides is 1. The van der Waals surface area contributed by atoms with E-state index in [4.69, 9.17) is 9.15 Å². The molecule has 1 heterocycles. The first-order chi connectivity index (χ1) is 15.6. The van der Waals surface area contributed by atoms with Crippen molar-refractivity contribution < 1.29 is 13.9 Å². The maximum absolute atomic E-state index is 12.8. The first kappa shape index (κ1) is 21.4. The molecule has 1 N–H and O–H groups in total. The molecule has 5 heteroatoms. The van der Waals surface area contributed by atoms with Crippen molar-refractivity contribution in [2.45, 2.75) is 25.8 Å². The molecule has 0 fully saturated rings. The second-order valence-electron chi connectivity index (χ2n) is 7.78. The van der Waals surface area contributed by atoms with Crippen LogP contribution in [0.25, 0.3) is 22.1 Å². The summed E-state index contributed by atoms with van der Waals surface area (Å²) in [5, 5.41) is 3.43. The molecular formula is C27H25NO4. The number of benzene rings is 3. The molecule has 1 unspecified atom stereocenters. The molecule has 4 aromatic rings. The van der Waals surface area contributed by atoms with Gasteiger partial charge in [0.05, 0.1) is 10.9 Å². The molecule has 4 rings (SSSR count). The second kappa shape index (κ2) is 9.96. The van der Waals surface area contributed by atoms with Gasteiger partial charge in [-0.3, -0.25) is 9.59 Å². The van der Waals surface area contributed by atoms with Gasteiger partial charge in [0, 0.05) is 12.1 Å². The van der Waals surface area contributed by atoms with Crippen molar-refractivity contribution in [2.75, 3.05) is 6.61 Å². The number of hydrogen-bond acceptors (Lipinski definition) is 4. The number of nitrogens with one attached hydrogen (secondary N) is 1. The predicted octanol–water partition coefficient (Wildman–Crippen LogP) is 4.98. The van der Waals surface area contributed by atoms with E-state index in [2.05, 4.69) is 17.4 Å².